The molecule has 1 heteroatoms. The molecule has 1 nitrogen and oxygen atoms in total. The molecular weight excluding hydrogens is 122 g/mol. The van der Waals surface area contributed by atoms with E-state index in [0.29, 0.717) is 6.04 Å². The van der Waals surface area contributed by atoms with E-state index in [1.165, 1.54) is 32.1 Å². The van der Waals surface area contributed by atoms with Crippen LogP contribution in [0.1, 0.15) is 39.0 Å². The predicted molar refractivity (Wildman–Crippen MR) is 42.7 cm³/mol. The highest BCUT2D eigenvalue weighted by atomic mass is 14.7. The summed E-state index contributed by atoms with van der Waals surface area (Å²) < 4.78 is 0. The molecule has 3 atom stereocenters. The lowest BCUT2D eigenvalue weighted by atomic mass is 9.54. The lowest BCUT2D eigenvalue weighted by molar-refractivity contribution is -0.00221. The Morgan fingerprint density at radius 2 is 2.00 bits per heavy atom. The summed E-state index contributed by atoms with van der Waals surface area (Å²) in [6.45, 7) is 2.44. The van der Waals surface area contributed by atoms with E-state index >= 15 is 0 Å². The molecule has 10 heavy (non-hydrogen) atoms. The van der Waals surface area contributed by atoms with E-state index < -0.39 is 0 Å². The minimum Gasteiger partial charge on any atom is -0.328 e. The second-order valence-electron chi connectivity index (χ2n) is 4.42. The molecule has 58 valence electrons. The van der Waals surface area contributed by atoms with Crippen LogP contribution in [0.15, 0.2) is 0 Å². The van der Waals surface area contributed by atoms with Crippen LogP contribution in [0.4, 0.5) is 0 Å². The monoisotopic (exact) mass is 139 g/mol. The smallest absolute Gasteiger partial charge is 0.00418 e. The zero-order valence-electron chi connectivity index (χ0n) is 6.77. The summed E-state index contributed by atoms with van der Waals surface area (Å²) in [5, 5.41) is 0. The highest BCUT2D eigenvalue weighted by molar-refractivity contribution is 4.97. The molecule has 0 aliphatic heterocycles. The minimum atomic E-state index is 0.526. The largest absolute Gasteiger partial charge is 0.328 e. The van der Waals surface area contributed by atoms with Crippen LogP contribution in [0, 0.1) is 11.3 Å². The van der Waals surface area contributed by atoms with Crippen LogP contribution in [-0.4, -0.2) is 6.04 Å². The maximum absolute atomic E-state index is 5.88. The van der Waals surface area contributed by atoms with Gasteiger partial charge in [0.2, 0.25) is 0 Å². The Labute approximate surface area is 63.0 Å². The second-order valence-corrected chi connectivity index (χ2v) is 4.42. The number of hydrogen-bond donors (Lipinski definition) is 1. The van der Waals surface area contributed by atoms with Crippen LogP contribution < -0.4 is 5.73 Å². The standard InChI is InChI=1S/C9H17N/c1-9-4-2-7(9)6-8(10)3-5-9/h7-8H,2-6,10H2,1H3/t7?,8-,9?/m0/s1. The summed E-state index contributed by atoms with van der Waals surface area (Å²) in [6, 6.07) is 0.526. The van der Waals surface area contributed by atoms with Crippen molar-refractivity contribution >= 4 is 0 Å². The van der Waals surface area contributed by atoms with Gasteiger partial charge in [0.05, 0.1) is 0 Å². The van der Waals surface area contributed by atoms with E-state index in [1.54, 1.807) is 0 Å². The Morgan fingerprint density at radius 3 is 2.40 bits per heavy atom. The van der Waals surface area contributed by atoms with Gasteiger partial charge in [-0.05, 0) is 43.4 Å². The van der Waals surface area contributed by atoms with Gasteiger partial charge >= 0.3 is 0 Å². The molecule has 2 fully saturated rings. The molecule has 0 spiro atoms. The highest BCUT2D eigenvalue weighted by Crippen LogP contribution is 2.54. The van der Waals surface area contributed by atoms with E-state index in [0.717, 1.165) is 11.3 Å². The number of rotatable bonds is 0. The average Bonchev–Trinajstić information content (AvgIpc) is 1.91. The van der Waals surface area contributed by atoms with Crippen molar-refractivity contribution in [3.63, 3.8) is 0 Å². The van der Waals surface area contributed by atoms with Crippen molar-refractivity contribution in [1.82, 2.24) is 0 Å². The van der Waals surface area contributed by atoms with Crippen LogP contribution in [0.3, 0.4) is 0 Å². The van der Waals surface area contributed by atoms with Crippen molar-refractivity contribution in [1.29, 1.82) is 0 Å². The summed E-state index contributed by atoms with van der Waals surface area (Å²) in [5.41, 5.74) is 6.60. The van der Waals surface area contributed by atoms with Gasteiger partial charge in [0.15, 0.2) is 0 Å². The molecule has 2 saturated carbocycles. The van der Waals surface area contributed by atoms with Gasteiger partial charge in [0.25, 0.3) is 0 Å². The number of hydrogen-bond acceptors (Lipinski definition) is 1. The van der Waals surface area contributed by atoms with Crippen molar-refractivity contribution in [3.8, 4) is 0 Å². The van der Waals surface area contributed by atoms with Gasteiger partial charge in [-0.1, -0.05) is 6.92 Å². The summed E-state index contributed by atoms with van der Waals surface area (Å²) in [5.74, 6) is 0.983. The third-order valence-electron chi connectivity index (χ3n) is 3.72. The Morgan fingerprint density at radius 1 is 1.30 bits per heavy atom. The van der Waals surface area contributed by atoms with E-state index in [4.69, 9.17) is 5.73 Å². The average molecular weight is 139 g/mol. The second kappa shape index (κ2) is 1.97. The van der Waals surface area contributed by atoms with E-state index in [9.17, 15) is 0 Å². The quantitative estimate of drug-likeness (QED) is 0.545. The zero-order chi connectivity index (χ0) is 7.19. The fraction of sp³-hybridized carbons (Fsp3) is 1.00. The molecule has 0 heterocycles. The van der Waals surface area contributed by atoms with Crippen LogP contribution in [-0.2, 0) is 0 Å². The van der Waals surface area contributed by atoms with Crippen LogP contribution >= 0.6 is 0 Å². The van der Waals surface area contributed by atoms with Crippen molar-refractivity contribution < 1.29 is 0 Å². The first-order chi connectivity index (χ1) is 4.71. The Bertz CT molecular complexity index is 144. The van der Waals surface area contributed by atoms with Crippen molar-refractivity contribution in [2.24, 2.45) is 17.1 Å². The molecule has 0 radical (unpaired) electrons. The molecule has 0 aromatic carbocycles. The lowest BCUT2D eigenvalue weighted by Crippen LogP contribution is -2.46. The Hall–Kier alpha value is -0.0400. The summed E-state index contributed by atoms with van der Waals surface area (Å²) in [4.78, 5) is 0. The normalized spacial score (nSPS) is 53.4. The van der Waals surface area contributed by atoms with Gasteiger partial charge in [-0.15, -0.1) is 0 Å². The van der Waals surface area contributed by atoms with Gasteiger partial charge in [-0.25, -0.2) is 0 Å². The topological polar surface area (TPSA) is 26.0 Å². The molecule has 2 aliphatic rings. The van der Waals surface area contributed by atoms with Crippen molar-refractivity contribution in [3.05, 3.63) is 0 Å². The van der Waals surface area contributed by atoms with Crippen molar-refractivity contribution in [2.75, 3.05) is 0 Å². The molecule has 0 saturated heterocycles. The third-order valence-corrected chi connectivity index (χ3v) is 3.72. The summed E-state index contributed by atoms with van der Waals surface area (Å²) >= 11 is 0. The molecule has 0 amide bonds. The van der Waals surface area contributed by atoms with Crippen LogP contribution in [0.5, 0.6) is 0 Å². The van der Waals surface area contributed by atoms with Crippen LogP contribution in [0.25, 0.3) is 0 Å². The molecule has 2 rings (SSSR count). The number of nitrogens with two attached hydrogens (primary N) is 1. The predicted octanol–water partition coefficient (Wildman–Crippen LogP) is 1.91. The van der Waals surface area contributed by atoms with Gasteiger partial charge in [-0.2, -0.15) is 0 Å². The van der Waals surface area contributed by atoms with Gasteiger partial charge in [0, 0.05) is 6.04 Å². The maximum Gasteiger partial charge on any atom is 0.00418 e. The first-order valence-electron chi connectivity index (χ1n) is 4.46. The SMILES string of the molecule is CC12CCC1C[C@@H](N)CC2. The molecule has 0 aromatic heterocycles. The van der Waals surface area contributed by atoms with E-state index in [2.05, 4.69) is 6.92 Å². The first kappa shape index (κ1) is 6.66. The minimum absolute atomic E-state index is 0.526. The van der Waals surface area contributed by atoms with Gasteiger partial charge in [0.1, 0.15) is 0 Å². The van der Waals surface area contributed by atoms with E-state index in [-0.39, 0.29) is 0 Å². The van der Waals surface area contributed by atoms with Gasteiger partial charge < -0.3 is 5.73 Å². The lowest BCUT2D eigenvalue weighted by Gasteiger charge is -2.52. The summed E-state index contributed by atoms with van der Waals surface area (Å²) in [7, 11) is 0. The van der Waals surface area contributed by atoms with Crippen molar-refractivity contribution in [2.45, 2.75) is 45.1 Å². The molecule has 2 unspecified atom stereocenters. The fourth-order valence-electron chi connectivity index (χ4n) is 2.57. The fourth-order valence-corrected chi connectivity index (χ4v) is 2.57. The first-order valence-corrected chi connectivity index (χ1v) is 4.46. The maximum atomic E-state index is 5.88. The Kier molecular flexibility index (Phi) is 1.31. The highest BCUT2D eigenvalue weighted by Gasteiger charge is 2.45. The molecule has 0 aromatic rings. The molecule has 2 aliphatic carbocycles. The third kappa shape index (κ3) is 0.800. The van der Waals surface area contributed by atoms with E-state index in [1.807, 2.05) is 0 Å². The molecular formula is C9H17N. The van der Waals surface area contributed by atoms with Crippen LogP contribution in [0.2, 0.25) is 0 Å². The zero-order valence-corrected chi connectivity index (χ0v) is 6.77. The van der Waals surface area contributed by atoms with Gasteiger partial charge in [-0.3, -0.25) is 0 Å². The molecule has 2 N–H and O–H groups in total. The number of fused-ring (bicyclic) bond motifs is 1. The summed E-state index contributed by atoms with van der Waals surface area (Å²) in [6.07, 6.45) is 6.87. The Balaban J connectivity index is 2.02. The molecule has 0 bridgehead atoms.